The van der Waals surface area contributed by atoms with Gasteiger partial charge in [0.2, 0.25) is 11.7 Å². The smallest absolute Gasteiger partial charge is 0.253 e. The Labute approximate surface area is 164 Å². The fraction of sp³-hybridized carbons (Fsp3) is 0.318. The number of carbonyl (C=O) groups is 1. The van der Waals surface area contributed by atoms with Crippen molar-refractivity contribution in [1.29, 1.82) is 0 Å². The number of amides is 1. The van der Waals surface area contributed by atoms with Crippen LogP contribution in [0.2, 0.25) is 0 Å². The molecule has 1 amide bonds. The molecule has 1 saturated heterocycles. The second-order valence-corrected chi connectivity index (χ2v) is 7.28. The Morgan fingerprint density at radius 1 is 1.14 bits per heavy atom. The molecule has 0 aliphatic carbocycles. The molecule has 3 aromatic rings. The van der Waals surface area contributed by atoms with Crippen LogP contribution in [0.3, 0.4) is 0 Å². The lowest BCUT2D eigenvalue weighted by molar-refractivity contribution is 0.0772. The van der Waals surface area contributed by atoms with E-state index in [9.17, 15) is 4.79 Å². The second-order valence-electron chi connectivity index (χ2n) is 7.28. The van der Waals surface area contributed by atoms with Gasteiger partial charge < -0.3 is 14.2 Å². The minimum atomic E-state index is -0.00349. The van der Waals surface area contributed by atoms with Crippen molar-refractivity contribution < 1.29 is 14.1 Å². The largest absolute Gasteiger partial charge is 0.489 e. The monoisotopic (exact) mass is 377 g/mol. The first-order valence-corrected chi connectivity index (χ1v) is 9.55. The van der Waals surface area contributed by atoms with E-state index in [0.717, 1.165) is 17.7 Å². The lowest BCUT2D eigenvalue weighted by Crippen LogP contribution is -2.30. The molecule has 2 heterocycles. The Bertz CT molecular complexity index is 935. The Morgan fingerprint density at radius 2 is 1.89 bits per heavy atom. The third-order valence-corrected chi connectivity index (χ3v) is 4.80. The van der Waals surface area contributed by atoms with Gasteiger partial charge in [0.25, 0.3) is 5.91 Å². The van der Waals surface area contributed by atoms with E-state index in [2.05, 4.69) is 10.1 Å². The minimum Gasteiger partial charge on any atom is -0.489 e. The molecular weight excluding hydrogens is 354 g/mol. The number of ether oxygens (including phenoxy) is 1. The first kappa shape index (κ1) is 18.2. The van der Waals surface area contributed by atoms with E-state index < -0.39 is 0 Å². The minimum absolute atomic E-state index is 0.00349. The maximum Gasteiger partial charge on any atom is 0.253 e. The zero-order valence-corrected chi connectivity index (χ0v) is 16.0. The molecule has 1 aliphatic heterocycles. The normalized spacial score (nSPS) is 16.5. The predicted molar refractivity (Wildman–Crippen MR) is 105 cm³/mol. The molecule has 1 aliphatic rings. The van der Waals surface area contributed by atoms with Crippen molar-refractivity contribution in [2.45, 2.75) is 32.3 Å². The van der Waals surface area contributed by atoms with Crippen molar-refractivity contribution in [3.8, 4) is 17.1 Å². The van der Waals surface area contributed by atoms with Gasteiger partial charge >= 0.3 is 0 Å². The van der Waals surface area contributed by atoms with Gasteiger partial charge in [0, 0.05) is 30.0 Å². The lowest BCUT2D eigenvalue weighted by atomic mass is 10.2. The van der Waals surface area contributed by atoms with E-state index in [1.165, 1.54) is 0 Å². The molecule has 0 bridgehead atoms. The fourth-order valence-electron chi connectivity index (χ4n) is 3.23. The van der Waals surface area contributed by atoms with Crippen LogP contribution in [0, 0.1) is 0 Å². The average molecular weight is 377 g/mol. The molecule has 6 heteroatoms. The van der Waals surface area contributed by atoms with Crippen molar-refractivity contribution in [2.24, 2.45) is 0 Å². The van der Waals surface area contributed by atoms with E-state index in [1.54, 1.807) is 0 Å². The molecule has 144 valence electrons. The van der Waals surface area contributed by atoms with Gasteiger partial charge in [-0.15, -0.1) is 0 Å². The molecule has 0 saturated carbocycles. The molecule has 4 rings (SSSR count). The quantitative estimate of drug-likeness (QED) is 0.668. The summed E-state index contributed by atoms with van der Waals surface area (Å²) >= 11 is 0. The standard InChI is InChI=1S/C22H23N3O3/c1-15(2)21-23-20(24-28-21)16-8-10-18(11-9-16)27-19-12-13-25(14-19)22(26)17-6-4-3-5-7-17/h3-11,15,19H,12-14H2,1-2H3. The summed E-state index contributed by atoms with van der Waals surface area (Å²) in [5, 5.41) is 4.03. The zero-order valence-electron chi connectivity index (χ0n) is 16.0. The molecule has 1 aromatic heterocycles. The first-order valence-electron chi connectivity index (χ1n) is 9.55. The molecule has 28 heavy (non-hydrogen) atoms. The van der Waals surface area contributed by atoms with E-state index >= 15 is 0 Å². The maximum absolute atomic E-state index is 12.5. The van der Waals surface area contributed by atoms with Crippen LogP contribution in [0.15, 0.2) is 59.1 Å². The second kappa shape index (κ2) is 7.84. The number of hydrogen-bond donors (Lipinski definition) is 0. The number of aromatic nitrogens is 2. The number of hydrogen-bond acceptors (Lipinski definition) is 5. The number of nitrogens with zero attached hydrogens (tertiary/aromatic N) is 3. The number of carbonyl (C=O) groups excluding carboxylic acids is 1. The van der Waals surface area contributed by atoms with Crippen LogP contribution in [0.1, 0.15) is 42.4 Å². The molecule has 6 nitrogen and oxygen atoms in total. The highest BCUT2D eigenvalue weighted by molar-refractivity contribution is 5.94. The van der Waals surface area contributed by atoms with Gasteiger partial charge in [-0.25, -0.2) is 0 Å². The first-order chi connectivity index (χ1) is 13.6. The molecule has 2 aromatic carbocycles. The number of benzene rings is 2. The summed E-state index contributed by atoms with van der Waals surface area (Å²) < 4.78 is 11.3. The van der Waals surface area contributed by atoms with Crippen molar-refractivity contribution >= 4 is 5.91 Å². The van der Waals surface area contributed by atoms with Gasteiger partial charge in [0.15, 0.2) is 0 Å². The highest BCUT2D eigenvalue weighted by Crippen LogP contribution is 2.24. The van der Waals surface area contributed by atoms with Gasteiger partial charge in [-0.3, -0.25) is 4.79 Å². The molecular formula is C22H23N3O3. The molecule has 0 N–H and O–H groups in total. The summed E-state index contributed by atoms with van der Waals surface area (Å²) in [6.07, 6.45) is 0.819. The van der Waals surface area contributed by atoms with Crippen molar-refractivity contribution in [2.75, 3.05) is 13.1 Å². The average Bonchev–Trinajstić information content (AvgIpc) is 3.39. The summed E-state index contributed by atoms with van der Waals surface area (Å²) in [7, 11) is 0. The van der Waals surface area contributed by atoms with Crippen molar-refractivity contribution in [3.63, 3.8) is 0 Å². The van der Waals surface area contributed by atoms with Crippen LogP contribution < -0.4 is 4.74 Å². The Hall–Kier alpha value is -3.15. The van der Waals surface area contributed by atoms with Crippen LogP contribution in [0.5, 0.6) is 5.75 Å². The Kier molecular flexibility index (Phi) is 5.10. The van der Waals surface area contributed by atoms with E-state index in [0.29, 0.717) is 30.4 Å². The van der Waals surface area contributed by atoms with E-state index in [-0.39, 0.29) is 17.9 Å². The zero-order chi connectivity index (χ0) is 19.5. The van der Waals surface area contributed by atoms with Gasteiger partial charge in [-0.1, -0.05) is 37.2 Å². The summed E-state index contributed by atoms with van der Waals surface area (Å²) in [5.41, 5.74) is 1.60. The van der Waals surface area contributed by atoms with Crippen LogP contribution in [0.25, 0.3) is 11.4 Å². The van der Waals surface area contributed by atoms with Crippen LogP contribution in [0.4, 0.5) is 0 Å². The van der Waals surface area contributed by atoms with Gasteiger partial charge in [0.1, 0.15) is 11.9 Å². The van der Waals surface area contributed by atoms with Gasteiger partial charge in [-0.05, 0) is 36.4 Å². The van der Waals surface area contributed by atoms with E-state index in [1.807, 2.05) is 73.3 Å². The van der Waals surface area contributed by atoms with Gasteiger partial charge in [0.05, 0.1) is 6.54 Å². The summed E-state index contributed by atoms with van der Waals surface area (Å²) in [4.78, 5) is 18.8. The highest BCUT2D eigenvalue weighted by Gasteiger charge is 2.28. The number of likely N-dealkylation sites (tertiary alicyclic amines) is 1. The number of rotatable bonds is 5. The third-order valence-electron chi connectivity index (χ3n) is 4.80. The van der Waals surface area contributed by atoms with Crippen molar-refractivity contribution in [3.05, 3.63) is 66.1 Å². The molecule has 0 spiro atoms. The topological polar surface area (TPSA) is 68.5 Å². The Morgan fingerprint density at radius 3 is 2.57 bits per heavy atom. The molecule has 1 fully saturated rings. The third kappa shape index (κ3) is 3.91. The highest BCUT2D eigenvalue weighted by atomic mass is 16.5. The van der Waals surface area contributed by atoms with Crippen LogP contribution >= 0.6 is 0 Å². The lowest BCUT2D eigenvalue weighted by Gasteiger charge is -2.17. The van der Waals surface area contributed by atoms with Crippen LogP contribution in [-0.4, -0.2) is 40.1 Å². The Balaban J connectivity index is 1.36. The maximum atomic E-state index is 12.5. The summed E-state index contributed by atoms with van der Waals surface area (Å²) in [6, 6.07) is 17.0. The molecule has 1 atom stereocenters. The van der Waals surface area contributed by atoms with Crippen LogP contribution in [-0.2, 0) is 0 Å². The van der Waals surface area contributed by atoms with E-state index in [4.69, 9.17) is 9.26 Å². The summed E-state index contributed by atoms with van der Waals surface area (Å²) in [6.45, 7) is 5.33. The fourth-order valence-corrected chi connectivity index (χ4v) is 3.23. The van der Waals surface area contributed by atoms with Gasteiger partial charge in [-0.2, -0.15) is 4.98 Å². The summed E-state index contributed by atoms with van der Waals surface area (Å²) in [5.74, 6) is 2.24. The molecule has 0 radical (unpaired) electrons. The molecule has 1 unspecified atom stereocenters. The predicted octanol–water partition coefficient (Wildman–Crippen LogP) is 4.15. The van der Waals surface area contributed by atoms with Crippen molar-refractivity contribution in [1.82, 2.24) is 15.0 Å². The SMILES string of the molecule is CC(C)c1nc(-c2ccc(OC3CCN(C(=O)c4ccccc4)C3)cc2)no1.